The van der Waals surface area contributed by atoms with E-state index >= 15 is 0 Å². The Labute approximate surface area is 242 Å². The standard InChI is InChI=1S/C36H35N3S/c1-35(2,3)24-21-27(34(40)28(22-24)36(4,5)6)30-14-11-16-33(38-30)39-31-15-8-7-12-25(31)26-18-17-23(20-32(26)39)29-13-9-10-19-37-29/h7-22,40H,1-6H3. The molecule has 0 saturated heterocycles. The van der Waals surface area contributed by atoms with E-state index in [0.29, 0.717) is 0 Å². The van der Waals surface area contributed by atoms with Crippen molar-refractivity contribution in [1.29, 1.82) is 0 Å². The maximum atomic E-state index is 5.29. The maximum Gasteiger partial charge on any atom is 0.138 e. The van der Waals surface area contributed by atoms with Crippen molar-refractivity contribution in [2.45, 2.75) is 57.3 Å². The van der Waals surface area contributed by atoms with Crippen LogP contribution in [-0.2, 0) is 10.8 Å². The Morgan fingerprint density at radius 1 is 0.650 bits per heavy atom. The van der Waals surface area contributed by atoms with Crippen LogP contribution in [0.4, 0.5) is 0 Å². The average Bonchev–Trinajstić information content (AvgIpc) is 3.26. The molecule has 0 bridgehead atoms. The van der Waals surface area contributed by atoms with Gasteiger partial charge in [-0.25, -0.2) is 4.98 Å². The van der Waals surface area contributed by atoms with Gasteiger partial charge in [-0.15, -0.1) is 12.6 Å². The minimum Gasteiger partial charge on any atom is -0.294 e. The van der Waals surface area contributed by atoms with Gasteiger partial charge in [0.05, 0.1) is 22.4 Å². The summed E-state index contributed by atoms with van der Waals surface area (Å²) in [5.41, 5.74) is 8.75. The van der Waals surface area contributed by atoms with Crippen molar-refractivity contribution in [3.63, 3.8) is 0 Å². The van der Waals surface area contributed by atoms with E-state index in [9.17, 15) is 0 Å². The van der Waals surface area contributed by atoms with Gasteiger partial charge >= 0.3 is 0 Å². The molecule has 0 radical (unpaired) electrons. The summed E-state index contributed by atoms with van der Waals surface area (Å²) in [5.74, 6) is 0.882. The largest absolute Gasteiger partial charge is 0.294 e. The molecule has 0 atom stereocenters. The summed E-state index contributed by atoms with van der Waals surface area (Å²) in [5, 5.41) is 2.40. The van der Waals surface area contributed by atoms with Gasteiger partial charge in [-0.3, -0.25) is 9.55 Å². The molecule has 40 heavy (non-hydrogen) atoms. The molecule has 3 aromatic carbocycles. The van der Waals surface area contributed by atoms with Gasteiger partial charge in [-0.05, 0) is 64.4 Å². The smallest absolute Gasteiger partial charge is 0.138 e. The fourth-order valence-corrected chi connectivity index (χ4v) is 6.02. The highest BCUT2D eigenvalue weighted by molar-refractivity contribution is 7.80. The highest BCUT2D eigenvalue weighted by Crippen LogP contribution is 2.40. The molecule has 0 spiro atoms. The minimum atomic E-state index is -0.0423. The highest BCUT2D eigenvalue weighted by Gasteiger charge is 2.25. The lowest BCUT2D eigenvalue weighted by Crippen LogP contribution is -2.17. The number of nitrogens with zero attached hydrogens (tertiary/aromatic N) is 3. The molecule has 0 saturated carbocycles. The van der Waals surface area contributed by atoms with Crippen LogP contribution in [-0.4, -0.2) is 14.5 Å². The third-order valence-corrected chi connectivity index (χ3v) is 8.14. The first-order valence-electron chi connectivity index (χ1n) is 13.8. The summed E-state index contributed by atoms with van der Waals surface area (Å²) in [4.78, 5) is 10.9. The molecule has 0 amide bonds. The van der Waals surface area contributed by atoms with Gasteiger partial charge in [0.15, 0.2) is 0 Å². The van der Waals surface area contributed by atoms with Gasteiger partial charge < -0.3 is 0 Å². The van der Waals surface area contributed by atoms with E-state index in [-0.39, 0.29) is 10.8 Å². The number of fused-ring (bicyclic) bond motifs is 3. The van der Waals surface area contributed by atoms with Gasteiger partial charge in [0.25, 0.3) is 0 Å². The molecular formula is C36H35N3S. The first kappa shape index (κ1) is 26.3. The van der Waals surface area contributed by atoms with Gasteiger partial charge in [-0.1, -0.05) is 90.1 Å². The summed E-state index contributed by atoms with van der Waals surface area (Å²) >= 11 is 5.09. The molecule has 6 aromatic rings. The van der Waals surface area contributed by atoms with Crippen molar-refractivity contribution in [3.05, 3.63) is 108 Å². The number of hydrogen-bond donors (Lipinski definition) is 1. The average molecular weight is 542 g/mol. The van der Waals surface area contributed by atoms with Crippen molar-refractivity contribution in [2.24, 2.45) is 0 Å². The number of pyridine rings is 2. The maximum absolute atomic E-state index is 5.29. The monoisotopic (exact) mass is 541 g/mol. The van der Waals surface area contributed by atoms with Gasteiger partial charge in [0.1, 0.15) is 5.82 Å². The first-order valence-corrected chi connectivity index (χ1v) is 14.3. The molecular weight excluding hydrogens is 506 g/mol. The van der Waals surface area contributed by atoms with E-state index in [1.165, 1.54) is 21.9 Å². The van der Waals surface area contributed by atoms with E-state index in [1.807, 2.05) is 18.3 Å². The molecule has 0 unspecified atom stereocenters. The quantitative estimate of drug-likeness (QED) is 0.226. The Kier molecular flexibility index (Phi) is 6.35. The Hall–Kier alpha value is -3.89. The summed E-state index contributed by atoms with van der Waals surface area (Å²) in [6.45, 7) is 13.5. The molecule has 3 aromatic heterocycles. The van der Waals surface area contributed by atoms with Crippen LogP contribution in [0.2, 0.25) is 0 Å². The van der Waals surface area contributed by atoms with E-state index in [0.717, 1.165) is 44.3 Å². The van der Waals surface area contributed by atoms with Crippen molar-refractivity contribution in [3.8, 4) is 28.3 Å². The van der Waals surface area contributed by atoms with Crippen LogP contribution >= 0.6 is 12.6 Å². The molecule has 0 aliphatic rings. The summed E-state index contributed by atoms with van der Waals surface area (Å²) in [7, 11) is 0. The third-order valence-electron chi connectivity index (χ3n) is 7.66. The molecule has 0 N–H and O–H groups in total. The predicted octanol–water partition coefficient (Wildman–Crippen LogP) is 9.79. The predicted molar refractivity (Wildman–Crippen MR) is 172 cm³/mol. The van der Waals surface area contributed by atoms with Crippen LogP contribution in [0.3, 0.4) is 0 Å². The lowest BCUT2D eigenvalue weighted by molar-refractivity contribution is 0.560. The molecule has 0 aliphatic heterocycles. The van der Waals surface area contributed by atoms with Gasteiger partial charge in [-0.2, -0.15) is 0 Å². The van der Waals surface area contributed by atoms with Crippen LogP contribution in [0.1, 0.15) is 52.7 Å². The van der Waals surface area contributed by atoms with Crippen molar-refractivity contribution in [1.82, 2.24) is 14.5 Å². The summed E-state index contributed by atoms with van der Waals surface area (Å²) in [6.07, 6.45) is 1.84. The van der Waals surface area contributed by atoms with Gasteiger partial charge in [0.2, 0.25) is 0 Å². The number of benzene rings is 3. The van der Waals surface area contributed by atoms with Crippen LogP contribution in [0, 0.1) is 0 Å². The summed E-state index contributed by atoms with van der Waals surface area (Å²) < 4.78 is 2.27. The molecule has 6 rings (SSSR count). The molecule has 3 nitrogen and oxygen atoms in total. The fourth-order valence-electron chi connectivity index (χ4n) is 5.44. The van der Waals surface area contributed by atoms with E-state index in [4.69, 9.17) is 17.6 Å². The minimum absolute atomic E-state index is 0.00253. The molecule has 3 heterocycles. The number of rotatable bonds is 3. The van der Waals surface area contributed by atoms with Crippen molar-refractivity contribution in [2.75, 3.05) is 0 Å². The Morgan fingerprint density at radius 3 is 2.10 bits per heavy atom. The van der Waals surface area contributed by atoms with Crippen LogP contribution < -0.4 is 0 Å². The Morgan fingerprint density at radius 2 is 1.38 bits per heavy atom. The van der Waals surface area contributed by atoms with E-state index in [2.05, 4.69) is 130 Å². The zero-order valence-electron chi connectivity index (χ0n) is 24.0. The second kappa shape index (κ2) is 9.64. The Bertz CT molecular complexity index is 1870. The normalized spacial score (nSPS) is 12.4. The highest BCUT2D eigenvalue weighted by atomic mass is 32.1. The lowest BCUT2D eigenvalue weighted by atomic mass is 9.79. The number of hydrogen-bond acceptors (Lipinski definition) is 3. The molecule has 0 fully saturated rings. The van der Waals surface area contributed by atoms with Crippen LogP contribution in [0.5, 0.6) is 0 Å². The van der Waals surface area contributed by atoms with Crippen molar-refractivity contribution < 1.29 is 0 Å². The number of thiol groups is 1. The van der Waals surface area contributed by atoms with Crippen LogP contribution in [0.25, 0.3) is 50.1 Å². The molecule has 4 heteroatoms. The van der Waals surface area contributed by atoms with Gasteiger partial charge in [0, 0.05) is 33.0 Å². The summed E-state index contributed by atoms with van der Waals surface area (Å²) in [6, 6.07) is 32.1. The SMILES string of the molecule is CC(C)(C)c1cc(-c2cccc(-n3c4ccccc4c4ccc(-c5ccccn5)cc43)n2)c(S)c(C(C)(C)C)c1. The lowest BCUT2D eigenvalue weighted by Gasteiger charge is -2.28. The zero-order chi connectivity index (χ0) is 28.2. The number of aromatic nitrogens is 3. The van der Waals surface area contributed by atoms with Crippen LogP contribution in [0.15, 0.2) is 102 Å². The zero-order valence-corrected chi connectivity index (χ0v) is 24.9. The second-order valence-electron chi connectivity index (χ2n) is 12.6. The second-order valence-corrected chi connectivity index (χ2v) is 13.0. The molecule has 200 valence electrons. The third kappa shape index (κ3) is 4.61. The fraction of sp³-hybridized carbons (Fsp3) is 0.222. The van der Waals surface area contributed by atoms with E-state index < -0.39 is 0 Å². The topological polar surface area (TPSA) is 30.7 Å². The van der Waals surface area contributed by atoms with Crippen molar-refractivity contribution >= 4 is 34.4 Å². The van der Waals surface area contributed by atoms with E-state index in [1.54, 1.807) is 0 Å². The molecule has 0 aliphatic carbocycles. The first-order chi connectivity index (χ1) is 19.0. The number of para-hydroxylation sites is 1. The Balaban J connectivity index is 1.60.